The average Bonchev–Trinajstić information content (AvgIpc) is 2.48. The zero-order valence-corrected chi connectivity index (χ0v) is 11.2. The Bertz CT molecular complexity index is 375. The SMILES string of the molecule is CNc1ccc([N+](=O)[O-])cc1.NCC1CCCCO1. The Kier molecular flexibility index (Phi) is 6.84. The summed E-state index contributed by atoms with van der Waals surface area (Å²) < 4.78 is 5.30. The number of hydrogen-bond acceptors (Lipinski definition) is 5. The van der Waals surface area contributed by atoms with Gasteiger partial charge in [-0.15, -0.1) is 0 Å². The number of nitrogens with one attached hydrogen (secondary N) is 1. The van der Waals surface area contributed by atoms with Crippen LogP contribution in [0.1, 0.15) is 19.3 Å². The number of rotatable bonds is 3. The maximum Gasteiger partial charge on any atom is 0.269 e. The fraction of sp³-hybridized carbons (Fsp3) is 0.538. The Hall–Kier alpha value is -1.66. The average molecular weight is 267 g/mol. The second kappa shape index (κ2) is 8.44. The quantitative estimate of drug-likeness (QED) is 0.647. The fourth-order valence-electron chi connectivity index (χ4n) is 1.74. The van der Waals surface area contributed by atoms with Gasteiger partial charge in [-0.2, -0.15) is 0 Å². The van der Waals surface area contributed by atoms with Gasteiger partial charge in [-0.25, -0.2) is 0 Å². The molecule has 0 aromatic heterocycles. The van der Waals surface area contributed by atoms with Crippen LogP contribution in [0.5, 0.6) is 0 Å². The third kappa shape index (κ3) is 5.67. The molecular weight excluding hydrogens is 246 g/mol. The van der Waals surface area contributed by atoms with Gasteiger partial charge in [0, 0.05) is 38.0 Å². The molecule has 1 aliphatic rings. The molecule has 1 fully saturated rings. The first-order valence-corrected chi connectivity index (χ1v) is 6.41. The Balaban J connectivity index is 0.000000200. The van der Waals surface area contributed by atoms with Gasteiger partial charge in [0.05, 0.1) is 11.0 Å². The van der Waals surface area contributed by atoms with E-state index >= 15 is 0 Å². The Labute approximate surface area is 113 Å². The molecule has 0 spiro atoms. The number of nitro groups is 1. The zero-order chi connectivity index (χ0) is 14.1. The molecule has 2 rings (SSSR count). The van der Waals surface area contributed by atoms with Crippen LogP contribution in [0, 0.1) is 10.1 Å². The number of benzene rings is 1. The van der Waals surface area contributed by atoms with Gasteiger partial charge in [-0.1, -0.05) is 0 Å². The molecule has 1 saturated heterocycles. The van der Waals surface area contributed by atoms with E-state index in [9.17, 15) is 10.1 Å². The molecule has 0 radical (unpaired) electrons. The fourth-order valence-corrected chi connectivity index (χ4v) is 1.74. The molecule has 1 unspecified atom stereocenters. The van der Waals surface area contributed by atoms with Crippen LogP contribution in [-0.2, 0) is 4.74 Å². The highest BCUT2D eigenvalue weighted by Gasteiger charge is 2.10. The number of ether oxygens (including phenoxy) is 1. The van der Waals surface area contributed by atoms with Crippen LogP contribution < -0.4 is 11.1 Å². The molecule has 1 aliphatic heterocycles. The monoisotopic (exact) mass is 267 g/mol. The topological polar surface area (TPSA) is 90.4 Å². The van der Waals surface area contributed by atoms with Crippen molar-refractivity contribution in [1.29, 1.82) is 0 Å². The smallest absolute Gasteiger partial charge is 0.269 e. The van der Waals surface area contributed by atoms with Crippen LogP contribution in [0.3, 0.4) is 0 Å². The summed E-state index contributed by atoms with van der Waals surface area (Å²) in [4.78, 5) is 9.77. The number of hydrogen-bond donors (Lipinski definition) is 2. The van der Waals surface area contributed by atoms with E-state index in [4.69, 9.17) is 10.5 Å². The largest absolute Gasteiger partial charge is 0.388 e. The first-order chi connectivity index (χ1) is 9.17. The lowest BCUT2D eigenvalue weighted by molar-refractivity contribution is -0.384. The van der Waals surface area contributed by atoms with Gasteiger partial charge in [0.1, 0.15) is 0 Å². The predicted octanol–water partition coefficient (Wildman–Crippen LogP) is 2.15. The number of non-ortho nitro benzene ring substituents is 1. The van der Waals surface area contributed by atoms with Gasteiger partial charge in [-0.3, -0.25) is 10.1 Å². The van der Waals surface area contributed by atoms with E-state index in [0.717, 1.165) is 18.7 Å². The van der Waals surface area contributed by atoms with E-state index in [1.165, 1.54) is 25.0 Å². The van der Waals surface area contributed by atoms with E-state index < -0.39 is 4.92 Å². The van der Waals surface area contributed by atoms with Crippen molar-refractivity contribution >= 4 is 11.4 Å². The van der Waals surface area contributed by atoms with Crippen molar-refractivity contribution in [1.82, 2.24) is 0 Å². The second-order valence-corrected chi connectivity index (χ2v) is 4.28. The highest BCUT2D eigenvalue weighted by Crippen LogP contribution is 2.14. The van der Waals surface area contributed by atoms with E-state index in [-0.39, 0.29) is 5.69 Å². The number of anilines is 1. The predicted molar refractivity (Wildman–Crippen MR) is 75.3 cm³/mol. The molecule has 1 aromatic carbocycles. The van der Waals surface area contributed by atoms with Crippen LogP contribution in [0.4, 0.5) is 11.4 Å². The third-order valence-electron chi connectivity index (χ3n) is 2.90. The molecule has 3 N–H and O–H groups in total. The second-order valence-electron chi connectivity index (χ2n) is 4.28. The summed E-state index contributed by atoms with van der Waals surface area (Å²) >= 11 is 0. The van der Waals surface area contributed by atoms with Gasteiger partial charge >= 0.3 is 0 Å². The summed E-state index contributed by atoms with van der Waals surface area (Å²) in [5.41, 5.74) is 6.36. The molecule has 1 heterocycles. The zero-order valence-electron chi connectivity index (χ0n) is 11.2. The summed E-state index contributed by atoms with van der Waals surface area (Å²) in [6, 6.07) is 6.26. The Morgan fingerprint density at radius 2 is 2.11 bits per heavy atom. The van der Waals surface area contributed by atoms with Crippen molar-refractivity contribution in [2.24, 2.45) is 5.73 Å². The highest BCUT2D eigenvalue weighted by molar-refractivity contribution is 5.47. The highest BCUT2D eigenvalue weighted by atomic mass is 16.6. The molecular formula is C13H21N3O3. The third-order valence-corrected chi connectivity index (χ3v) is 2.90. The summed E-state index contributed by atoms with van der Waals surface area (Å²) in [5.74, 6) is 0. The van der Waals surface area contributed by atoms with E-state index in [1.54, 1.807) is 19.2 Å². The summed E-state index contributed by atoms with van der Waals surface area (Å²) in [7, 11) is 1.77. The molecule has 1 atom stereocenters. The van der Waals surface area contributed by atoms with Gasteiger partial charge in [-0.05, 0) is 31.4 Å². The van der Waals surface area contributed by atoms with Gasteiger partial charge in [0.25, 0.3) is 5.69 Å². The number of nitrogens with two attached hydrogens (primary N) is 1. The van der Waals surface area contributed by atoms with Crippen molar-refractivity contribution in [3.8, 4) is 0 Å². The molecule has 0 saturated carbocycles. The molecule has 0 bridgehead atoms. The summed E-state index contributed by atoms with van der Waals surface area (Å²) in [6.07, 6.45) is 4.04. The first-order valence-electron chi connectivity index (χ1n) is 6.41. The number of nitro benzene ring substituents is 1. The minimum Gasteiger partial charge on any atom is -0.388 e. The Morgan fingerprint density at radius 3 is 2.47 bits per heavy atom. The van der Waals surface area contributed by atoms with Crippen molar-refractivity contribution in [3.63, 3.8) is 0 Å². The van der Waals surface area contributed by atoms with E-state index in [0.29, 0.717) is 12.6 Å². The van der Waals surface area contributed by atoms with Crippen molar-refractivity contribution in [3.05, 3.63) is 34.4 Å². The van der Waals surface area contributed by atoms with Gasteiger partial charge in [0.15, 0.2) is 0 Å². The van der Waals surface area contributed by atoms with Crippen LogP contribution in [0.25, 0.3) is 0 Å². The molecule has 6 nitrogen and oxygen atoms in total. The maximum absolute atomic E-state index is 10.2. The lowest BCUT2D eigenvalue weighted by atomic mass is 10.1. The lowest BCUT2D eigenvalue weighted by Gasteiger charge is -2.20. The maximum atomic E-state index is 10.2. The normalized spacial score (nSPS) is 18.1. The standard InChI is InChI=1S/C7H8N2O2.C6H13NO/c1-8-6-2-4-7(5-3-6)9(10)11;7-5-6-3-1-2-4-8-6/h2-5,8H,1H3;6H,1-5,7H2. The minimum absolute atomic E-state index is 0.115. The Morgan fingerprint density at radius 1 is 1.42 bits per heavy atom. The van der Waals surface area contributed by atoms with E-state index in [2.05, 4.69) is 5.32 Å². The van der Waals surface area contributed by atoms with Crippen molar-refractivity contribution in [2.45, 2.75) is 25.4 Å². The van der Waals surface area contributed by atoms with Crippen LogP contribution in [0.2, 0.25) is 0 Å². The van der Waals surface area contributed by atoms with Crippen molar-refractivity contribution in [2.75, 3.05) is 25.5 Å². The minimum atomic E-state index is -0.417. The summed E-state index contributed by atoms with van der Waals surface area (Å²) in [5, 5.41) is 13.1. The van der Waals surface area contributed by atoms with Crippen molar-refractivity contribution < 1.29 is 9.66 Å². The summed E-state index contributed by atoms with van der Waals surface area (Å²) in [6.45, 7) is 1.61. The van der Waals surface area contributed by atoms with Crippen LogP contribution >= 0.6 is 0 Å². The first kappa shape index (κ1) is 15.4. The molecule has 6 heteroatoms. The van der Waals surface area contributed by atoms with Gasteiger partial charge < -0.3 is 15.8 Å². The molecule has 106 valence electrons. The van der Waals surface area contributed by atoms with Crippen LogP contribution in [0.15, 0.2) is 24.3 Å². The molecule has 0 aliphatic carbocycles. The molecule has 19 heavy (non-hydrogen) atoms. The molecule has 1 aromatic rings. The lowest BCUT2D eigenvalue weighted by Crippen LogP contribution is -2.27. The molecule has 0 amide bonds. The van der Waals surface area contributed by atoms with E-state index in [1.807, 2.05) is 0 Å². The van der Waals surface area contributed by atoms with Crippen LogP contribution in [-0.4, -0.2) is 31.2 Å². The van der Waals surface area contributed by atoms with Gasteiger partial charge in [0.2, 0.25) is 0 Å². The number of nitrogens with zero attached hydrogens (tertiary/aromatic N) is 1.